The van der Waals surface area contributed by atoms with Gasteiger partial charge in [-0.1, -0.05) is 51.9 Å². The second-order valence-corrected chi connectivity index (χ2v) is 9.24. The molecule has 2 atom stereocenters. The average molecular weight is 501 g/mol. The van der Waals surface area contributed by atoms with Crippen molar-refractivity contribution in [3.05, 3.63) is 50.4 Å². The number of esters is 1. The monoisotopic (exact) mass is 499 g/mol. The van der Waals surface area contributed by atoms with Gasteiger partial charge in [0.1, 0.15) is 30.4 Å². The van der Waals surface area contributed by atoms with E-state index in [0.29, 0.717) is 15.7 Å². The highest BCUT2D eigenvalue weighted by Crippen LogP contribution is 2.50. The number of β-lactam (4-membered cyclic amide) rings is 1. The van der Waals surface area contributed by atoms with E-state index in [0.717, 1.165) is 10.0 Å². The fraction of sp³-hybridized carbons (Fsp3) is 0.350. The summed E-state index contributed by atoms with van der Waals surface area (Å²) in [6.45, 7) is 6.92. The SMILES string of the molecule is C=CCOC(=O)C1=C(COc2c(C)cc(Br)cc2Cl)S[C@@H]2[C@H](CC(C)=O)C(=O)N12. The molecule has 6 nitrogen and oxygen atoms in total. The van der Waals surface area contributed by atoms with Crippen LogP contribution in [0.15, 0.2) is 39.9 Å². The van der Waals surface area contributed by atoms with Gasteiger partial charge in [0.15, 0.2) is 0 Å². The molecule has 0 N–H and O–H groups in total. The van der Waals surface area contributed by atoms with Gasteiger partial charge in [0.2, 0.25) is 5.91 Å². The van der Waals surface area contributed by atoms with Crippen molar-refractivity contribution in [1.29, 1.82) is 0 Å². The number of halogens is 2. The lowest BCUT2D eigenvalue weighted by atomic mass is 9.92. The molecule has 2 heterocycles. The first-order chi connectivity index (χ1) is 13.7. The quantitative estimate of drug-likeness (QED) is 0.302. The molecule has 1 fully saturated rings. The molecule has 3 rings (SSSR count). The number of carbonyl (C=O) groups excluding carboxylic acids is 3. The lowest BCUT2D eigenvalue weighted by molar-refractivity contribution is -0.154. The van der Waals surface area contributed by atoms with Crippen molar-refractivity contribution in [2.45, 2.75) is 25.6 Å². The maximum Gasteiger partial charge on any atom is 0.356 e. The molecule has 0 aliphatic carbocycles. The van der Waals surface area contributed by atoms with E-state index in [1.54, 1.807) is 6.07 Å². The summed E-state index contributed by atoms with van der Waals surface area (Å²) in [6.07, 6.45) is 1.60. The highest BCUT2D eigenvalue weighted by molar-refractivity contribution is 9.10. The third-order valence-electron chi connectivity index (χ3n) is 4.50. The van der Waals surface area contributed by atoms with Gasteiger partial charge in [0, 0.05) is 10.9 Å². The molecule has 0 bridgehead atoms. The topological polar surface area (TPSA) is 72.9 Å². The number of benzene rings is 1. The molecule has 9 heteroatoms. The molecule has 1 aromatic carbocycles. The van der Waals surface area contributed by atoms with Gasteiger partial charge >= 0.3 is 5.97 Å². The fourth-order valence-electron chi connectivity index (χ4n) is 3.26. The number of ether oxygens (including phenoxy) is 2. The van der Waals surface area contributed by atoms with Gasteiger partial charge in [-0.2, -0.15) is 0 Å². The normalized spacial score (nSPS) is 20.3. The van der Waals surface area contributed by atoms with Crippen LogP contribution in [0.5, 0.6) is 5.75 Å². The number of aryl methyl sites for hydroxylation is 1. The van der Waals surface area contributed by atoms with Crippen LogP contribution in [0.2, 0.25) is 5.02 Å². The highest BCUT2D eigenvalue weighted by Gasteiger charge is 2.56. The first-order valence-electron chi connectivity index (χ1n) is 8.83. The van der Waals surface area contributed by atoms with Gasteiger partial charge in [-0.25, -0.2) is 4.79 Å². The maximum absolute atomic E-state index is 12.6. The molecule has 29 heavy (non-hydrogen) atoms. The van der Waals surface area contributed by atoms with E-state index in [9.17, 15) is 14.4 Å². The third-order valence-corrected chi connectivity index (χ3v) is 6.61. The summed E-state index contributed by atoms with van der Waals surface area (Å²) < 4.78 is 11.9. The van der Waals surface area contributed by atoms with E-state index in [1.165, 1.54) is 29.7 Å². The van der Waals surface area contributed by atoms with Gasteiger partial charge in [0.25, 0.3) is 0 Å². The average Bonchev–Trinajstić information content (AvgIpc) is 2.98. The van der Waals surface area contributed by atoms with Crippen LogP contribution < -0.4 is 4.74 Å². The summed E-state index contributed by atoms with van der Waals surface area (Å²) in [4.78, 5) is 38.6. The van der Waals surface area contributed by atoms with E-state index >= 15 is 0 Å². The lowest BCUT2D eigenvalue weighted by Crippen LogP contribution is -2.57. The number of Topliss-reactive ketones (excluding diaryl/α,β-unsaturated/α-hetero) is 1. The summed E-state index contributed by atoms with van der Waals surface area (Å²) in [5, 5.41) is 0.128. The standard InChI is InChI=1S/C20H19BrClNO5S/c1-4-5-27-20(26)16-15(9-28-17-10(2)6-12(21)8-14(17)22)29-19-13(7-11(3)24)18(25)23(16)19/h4,6,8,13,19H,1,5,7,9H2,2-3H3/t13-,19-/m1/s1. The zero-order valence-corrected chi connectivity index (χ0v) is 19.0. The molecule has 2 aliphatic heterocycles. The zero-order valence-electron chi connectivity index (χ0n) is 15.9. The fourth-order valence-corrected chi connectivity index (χ4v) is 5.69. The molecule has 0 unspecified atom stereocenters. The van der Waals surface area contributed by atoms with E-state index in [2.05, 4.69) is 22.5 Å². The van der Waals surface area contributed by atoms with Crippen LogP contribution in [0.4, 0.5) is 0 Å². The molecule has 1 aromatic rings. The predicted molar refractivity (Wildman–Crippen MR) is 115 cm³/mol. The Balaban J connectivity index is 1.85. The van der Waals surface area contributed by atoms with Crippen molar-refractivity contribution in [3.63, 3.8) is 0 Å². The largest absolute Gasteiger partial charge is 0.486 e. The van der Waals surface area contributed by atoms with E-state index in [-0.39, 0.29) is 42.4 Å². The highest BCUT2D eigenvalue weighted by atomic mass is 79.9. The Hall–Kier alpha value is -1.77. The van der Waals surface area contributed by atoms with Crippen LogP contribution in [0.25, 0.3) is 0 Å². The Labute approximate surface area is 186 Å². The second-order valence-electron chi connectivity index (χ2n) is 6.71. The minimum absolute atomic E-state index is 0.0301. The Morgan fingerprint density at radius 3 is 2.76 bits per heavy atom. The first kappa shape index (κ1) is 21.9. The van der Waals surface area contributed by atoms with E-state index < -0.39 is 11.9 Å². The molecule has 2 aliphatic rings. The van der Waals surface area contributed by atoms with Crippen LogP contribution in [0, 0.1) is 12.8 Å². The molecule has 0 spiro atoms. The van der Waals surface area contributed by atoms with Crippen LogP contribution in [-0.4, -0.2) is 41.1 Å². The summed E-state index contributed by atoms with van der Waals surface area (Å²) in [5.74, 6) is -0.887. The molecule has 1 amide bonds. The van der Waals surface area contributed by atoms with Crippen LogP contribution in [0.3, 0.4) is 0 Å². The molecular formula is C20H19BrClNO5S. The summed E-state index contributed by atoms with van der Waals surface area (Å²) >= 11 is 11.0. The number of fused-ring (bicyclic) bond motifs is 1. The summed E-state index contributed by atoms with van der Waals surface area (Å²) in [5.41, 5.74) is 0.995. The number of hydrogen-bond donors (Lipinski definition) is 0. The number of amides is 1. The van der Waals surface area contributed by atoms with Gasteiger partial charge < -0.3 is 14.3 Å². The van der Waals surface area contributed by atoms with Gasteiger partial charge in [-0.3, -0.25) is 9.69 Å². The molecule has 154 valence electrons. The third kappa shape index (κ3) is 4.39. The van der Waals surface area contributed by atoms with Crippen molar-refractivity contribution in [2.24, 2.45) is 5.92 Å². The molecule has 0 aromatic heterocycles. The number of rotatable bonds is 8. The molecule has 0 saturated carbocycles. The van der Waals surface area contributed by atoms with E-state index in [4.69, 9.17) is 21.1 Å². The molecular weight excluding hydrogens is 482 g/mol. The number of nitrogens with zero attached hydrogens (tertiary/aromatic N) is 1. The van der Waals surface area contributed by atoms with Crippen LogP contribution >= 0.6 is 39.3 Å². The minimum Gasteiger partial charge on any atom is -0.486 e. The number of carbonyl (C=O) groups is 3. The molecule has 0 radical (unpaired) electrons. The van der Waals surface area contributed by atoms with Crippen molar-refractivity contribution in [1.82, 2.24) is 4.90 Å². The molecule has 1 saturated heterocycles. The second kappa shape index (κ2) is 8.93. The lowest BCUT2D eigenvalue weighted by Gasteiger charge is -2.42. The maximum atomic E-state index is 12.6. The van der Waals surface area contributed by atoms with E-state index in [1.807, 2.05) is 13.0 Å². The van der Waals surface area contributed by atoms with Crippen molar-refractivity contribution in [3.8, 4) is 5.75 Å². The van der Waals surface area contributed by atoms with Crippen molar-refractivity contribution in [2.75, 3.05) is 13.2 Å². The smallest absolute Gasteiger partial charge is 0.356 e. The van der Waals surface area contributed by atoms with Crippen LogP contribution in [0.1, 0.15) is 18.9 Å². The first-order valence-corrected chi connectivity index (χ1v) is 10.9. The number of thioether (sulfide) groups is 1. The van der Waals surface area contributed by atoms with Crippen molar-refractivity contribution < 1.29 is 23.9 Å². The summed E-state index contributed by atoms with van der Waals surface area (Å²) in [6, 6.07) is 3.59. The Bertz CT molecular complexity index is 908. The van der Waals surface area contributed by atoms with Gasteiger partial charge in [0.05, 0.1) is 21.2 Å². The number of ketones is 1. The summed E-state index contributed by atoms with van der Waals surface area (Å²) in [7, 11) is 0. The Morgan fingerprint density at radius 2 is 2.14 bits per heavy atom. The minimum atomic E-state index is -0.619. The Kier molecular flexibility index (Phi) is 6.76. The van der Waals surface area contributed by atoms with Crippen LogP contribution in [-0.2, 0) is 19.1 Å². The zero-order chi connectivity index (χ0) is 21.3. The van der Waals surface area contributed by atoms with Crippen molar-refractivity contribution >= 4 is 57.0 Å². The Morgan fingerprint density at radius 1 is 1.41 bits per heavy atom. The predicted octanol–water partition coefficient (Wildman–Crippen LogP) is 4.24. The van der Waals surface area contributed by atoms with Gasteiger partial charge in [-0.05, 0) is 31.5 Å². The number of hydrogen-bond acceptors (Lipinski definition) is 6. The van der Waals surface area contributed by atoms with Gasteiger partial charge in [-0.15, -0.1) is 0 Å².